The van der Waals surface area contributed by atoms with Crippen LogP contribution in [0.15, 0.2) is 41.6 Å². The number of carbonyl (C=O) groups excluding carboxylic acids is 6. The van der Waals surface area contributed by atoms with Crippen LogP contribution in [0.25, 0.3) is 0 Å². The lowest BCUT2D eigenvalue weighted by Crippen LogP contribution is -2.71. The molecular weight excluding hydrogens is 641 g/mol. The number of nitrogens with zero attached hydrogens (tertiary/aromatic N) is 3. The first kappa shape index (κ1) is 33.1. The number of ether oxygens (including phenoxy) is 1. The molecule has 7 amide bonds. The molecule has 1 aromatic rings. The molecule has 242 valence electrons. The molecule has 3 N–H and O–H groups in total. The van der Waals surface area contributed by atoms with Crippen molar-refractivity contribution in [2.24, 2.45) is 0 Å². The SMILES string of the molecule is CC(=O)OCC1=C(C(=O)O)N2C(=O)C(NC(=O)C(NC(=O)N3CCN(C(=O)C(F)(F)C(F)(F)F)C3=O)c3ccccc3)[C@@H]2SC1. The van der Waals surface area contributed by atoms with Crippen molar-refractivity contribution in [3.8, 4) is 0 Å². The van der Waals surface area contributed by atoms with Crippen LogP contribution >= 0.6 is 11.8 Å². The number of fused-ring (bicyclic) bond motifs is 1. The Morgan fingerprint density at radius 2 is 1.67 bits per heavy atom. The molecule has 0 aromatic heterocycles. The van der Waals surface area contributed by atoms with Gasteiger partial charge >= 0.3 is 42.0 Å². The first-order valence-electron chi connectivity index (χ1n) is 12.7. The number of halogens is 5. The molecule has 0 spiro atoms. The molecule has 3 aliphatic heterocycles. The average Bonchev–Trinajstić information content (AvgIpc) is 3.36. The number of urea groups is 2. The summed E-state index contributed by atoms with van der Waals surface area (Å²) < 4.78 is 69.9. The molecule has 45 heavy (non-hydrogen) atoms. The van der Waals surface area contributed by atoms with Gasteiger partial charge in [0, 0.05) is 24.8 Å². The van der Waals surface area contributed by atoms with Crippen molar-refractivity contribution >= 4 is 53.5 Å². The highest BCUT2D eigenvalue weighted by Crippen LogP contribution is 2.41. The van der Waals surface area contributed by atoms with Gasteiger partial charge in [-0.2, -0.15) is 22.0 Å². The maximum atomic E-state index is 13.6. The molecule has 1 aromatic carbocycles. The van der Waals surface area contributed by atoms with Crippen LogP contribution in [0.3, 0.4) is 0 Å². The van der Waals surface area contributed by atoms with E-state index in [0.29, 0.717) is 0 Å². The van der Waals surface area contributed by atoms with E-state index in [-0.39, 0.29) is 28.4 Å². The Morgan fingerprint density at radius 3 is 2.24 bits per heavy atom. The van der Waals surface area contributed by atoms with E-state index in [0.717, 1.165) is 23.6 Å². The molecule has 2 fully saturated rings. The zero-order chi connectivity index (χ0) is 33.4. The van der Waals surface area contributed by atoms with Crippen molar-refractivity contribution in [2.75, 3.05) is 25.4 Å². The van der Waals surface area contributed by atoms with Crippen LogP contribution < -0.4 is 10.6 Å². The van der Waals surface area contributed by atoms with Gasteiger partial charge in [0.15, 0.2) is 0 Å². The van der Waals surface area contributed by atoms with Gasteiger partial charge < -0.3 is 20.5 Å². The van der Waals surface area contributed by atoms with Gasteiger partial charge in [-0.3, -0.25) is 29.0 Å². The van der Waals surface area contributed by atoms with E-state index in [9.17, 15) is 60.6 Å². The third-order valence-electron chi connectivity index (χ3n) is 6.78. The normalized spacial score (nSPS) is 20.7. The number of esters is 1. The quantitative estimate of drug-likeness (QED) is 0.208. The van der Waals surface area contributed by atoms with Gasteiger partial charge in [-0.25, -0.2) is 19.3 Å². The predicted octanol–water partition coefficient (Wildman–Crippen LogP) is 1.20. The fraction of sp³-hybridized carbons (Fsp3) is 0.400. The number of carboxylic acid groups (broad SMARTS) is 1. The van der Waals surface area contributed by atoms with Crippen LogP contribution in [-0.4, -0.2) is 110 Å². The lowest BCUT2D eigenvalue weighted by molar-refractivity contribution is -0.272. The molecule has 0 bridgehead atoms. The summed E-state index contributed by atoms with van der Waals surface area (Å²) in [6.07, 6.45) is -6.30. The minimum atomic E-state index is -6.30. The van der Waals surface area contributed by atoms with Crippen molar-refractivity contribution in [3.05, 3.63) is 47.2 Å². The van der Waals surface area contributed by atoms with Crippen molar-refractivity contribution in [2.45, 2.75) is 36.5 Å². The number of carboxylic acids is 1. The standard InChI is InChI=1S/C25H22F5N5O9S/c1-11(36)44-9-13-10-45-19-15(18(38)35(19)16(13)20(39)40)31-17(37)14(12-5-3-2-4-6-12)32-22(42)34-8-7-33(23(34)43)21(41)24(26,27)25(28,29)30/h2-6,14-15,19H,7-10H2,1H3,(H,31,37)(H,32,42)(H,39,40)/t14?,15?,19-/m0/s1. The summed E-state index contributed by atoms with van der Waals surface area (Å²) in [6.45, 7) is -1.03. The first-order valence-corrected chi connectivity index (χ1v) is 13.8. The number of thioether (sulfide) groups is 1. The van der Waals surface area contributed by atoms with E-state index in [1.54, 1.807) is 6.07 Å². The van der Waals surface area contributed by atoms with Gasteiger partial charge in [0.1, 0.15) is 29.8 Å². The summed E-state index contributed by atoms with van der Waals surface area (Å²) in [6, 6.07) is 1.06. The Hall–Kier alpha value is -4.75. The predicted molar refractivity (Wildman–Crippen MR) is 139 cm³/mol. The molecule has 3 atom stereocenters. The second-order valence-corrected chi connectivity index (χ2v) is 10.8. The molecule has 0 radical (unpaired) electrons. The fourth-order valence-corrected chi connectivity index (χ4v) is 5.90. The summed E-state index contributed by atoms with van der Waals surface area (Å²) in [7, 11) is 0. The van der Waals surface area contributed by atoms with Gasteiger partial charge in [0.05, 0.1) is 6.54 Å². The summed E-state index contributed by atoms with van der Waals surface area (Å²) in [4.78, 5) is 87.4. The maximum Gasteiger partial charge on any atom is 0.463 e. The van der Waals surface area contributed by atoms with E-state index < -0.39 is 95.0 Å². The number of imide groups is 2. The fourth-order valence-electron chi connectivity index (χ4n) is 4.57. The summed E-state index contributed by atoms with van der Waals surface area (Å²) in [5, 5.41) is 13.3. The molecule has 4 rings (SSSR count). The largest absolute Gasteiger partial charge is 0.477 e. The second kappa shape index (κ2) is 12.3. The van der Waals surface area contributed by atoms with Crippen molar-refractivity contribution in [3.63, 3.8) is 0 Å². The van der Waals surface area contributed by atoms with E-state index in [2.05, 4.69) is 10.6 Å². The van der Waals surface area contributed by atoms with Gasteiger partial charge in [-0.15, -0.1) is 11.8 Å². The van der Waals surface area contributed by atoms with E-state index >= 15 is 0 Å². The zero-order valence-corrected chi connectivity index (χ0v) is 23.6. The average molecular weight is 664 g/mol. The minimum absolute atomic E-state index is 0.0221. The first-order chi connectivity index (χ1) is 21.0. The third kappa shape index (κ3) is 6.26. The molecule has 3 aliphatic rings. The Balaban J connectivity index is 1.50. The zero-order valence-electron chi connectivity index (χ0n) is 22.8. The third-order valence-corrected chi connectivity index (χ3v) is 8.12. The smallest absolute Gasteiger partial charge is 0.463 e. The number of nitrogens with one attached hydrogen (secondary N) is 2. The lowest BCUT2D eigenvalue weighted by Gasteiger charge is -2.49. The van der Waals surface area contributed by atoms with Gasteiger partial charge in [0.25, 0.3) is 5.91 Å². The Morgan fingerprint density at radius 1 is 1.04 bits per heavy atom. The highest BCUT2D eigenvalue weighted by molar-refractivity contribution is 8.00. The Bertz CT molecular complexity index is 1490. The lowest BCUT2D eigenvalue weighted by atomic mass is 10.0. The number of rotatable bonds is 8. The summed E-state index contributed by atoms with van der Waals surface area (Å²) >= 11 is 1.06. The molecule has 2 saturated heterocycles. The Kier molecular flexibility index (Phi) is 9.08. The molecule has 0 saturated carbocycles. The highest BCUT2D eigenvalue weighted by Gasteiger charge is 2.66. The van der Waals surface area contributed by atoms with Gasteiger partial charge in [-0.05, 0) is 5.56 Å². The Labute approximate surface area is 253 Å². The van der Waals surface area contributed by atoms with Crippen molar-refractivity contribution < 1.29 is 65.4 Å². The highest BCUT2D eigenvalue weighted by atomic mass is 32.2. The summed E-state index contributed by atoms with van der Waals surface area (Å²) in [5.74, 6) is -12.8. The van der Waals surface area contributed by atoms with Crippen LogP contribution in [0.2, 0.25) is 0 Å². The number of benzene rings is 1. The van der Waals surface area contributed by atoms with Crippen molar-refractivity contribution in [1.82, 2.24) is 25.3 Å². The number of hydrogen-bond donors (Lipinski definition) is 3. The van der Waals surface area contributed by atoms with Gasteiger partial charge in [0.2, 0.25) is 5.91 Å². The number of carbonyl (C=O) groups is 7. The number of alkyl halides is 5. The van der Waals surface area contributed by atoms with Crippen LogP contribution in [0, 0.1) is 0 Å². The van der Waals surface area contributed by atoms with Crippen molar-refractivity contribution in [1.29, 1.82) is 0 Å². The molecule has 2 unspecified atom stereocenters. The van der Waals surface area contributed by atoms with E-state index in [4.69, 9.17) is 4.74 Å². The molecule has 14 nitrogen and oxygen atoms in total. The number of amides is 7. The topological polar surface area (TPSA) is 183 Å². The van der Waals surface area contributed by atoms with Crippen LogP contribution in [-0.2, 0) is 28.7 Å². The van der Waals surface area contributed by atoms with Crippen LogP contribution in [0.1, 0.15) is 18.5 Å². The molecule has 20 heteroatoms. The molecule has 0 aliphatic carbocycles. The van der Waals surface area contributed by atoms with E-state index in [1.807, 2.05) is 0 Å². The maximum absolute atomic E-state index is 13.6. The number of β-lactam (4-membered cyclic amide) rings is 1. The molecular formula is C25H22F5N5O9S. The monoisotopic (exact) mass is 663 g/mol. The second-order valence-electron chi connectivity index (χ2n) is 9.69. The van der Waals surface area contributed by atoms with E-state index in [1.165, 1.54) is 24.3 Å². The van der Waals surface area contributed by atoms with Crippen LogP contribution in [0.5, 0.6) is 0 Å². The summed E-state index contributed by atoms with van der Waals surface area (Å²) in [5.41, 5.74) is -0.185. The molecule has 3 heterocycles. The number of aliphatic carboxylic acids is 1. The number of hydrogen-bond acceptors (Lipinski definition) is 9. The van der Waals surface area contributed by atoms with Gasteiger partial charge in [-0.1, -0.05) is 30.3 Å². The van der Waals surface area contributed by atoms with Crippen LogP contribution in [0.4, 0.5) is 31.5 Å². The minimum Gasteiger partial charge on any atom is -0.477 e.